The molecule has 1 aromatic heterocycles. The molecule has 0 unspecified atom stereocenters. The SMILES string of the molecule is CCOC(=O)c1c(Cc2ccc(OC)cc2OC)c[nH]c(=O)c1CBr. The van der Waals surface area contributed by atoms with Crippen molar-refractivity contribution in [3.05, 3.63) is 57.0 Å². The van der Waals surface area contributed by atoms with Crippen LogP contribution < -0.4 is 15.0 Å². The van der Waals surface area contributed by atoms with Gasteiger partial charge in [-0.05, 0) is 24.1 Å². The van der Waals surface area contributed by atoms with Crippen molar-refractivity contribution in [2.24, 2.45) is 0 Å². The molecule has 1 N–H and O–H groups in total. The predicted octanol–water partition coefficient (Wildman–Crippen LogP) is 3.05. The molecule has 0 radical (unpaired) electrons. The molecule has 0 atom stereocenters. The van der Waals surface area contributed by atoms with Gasteiger partial charge in [-0.15, -0.1) is 0 Å². The van der Waals surface area contributed by atoms with Crippen LogP contribution in [0.25, 0.3) is 0 Å². The maximum Gasteiger partial charge on any atom is 0.338 e. The van der Waals surface area contributed by atoms with Crippen LogP contribution in [0.4, 0.5) is 0 Å². The number of pyridine rings is 1. The number of aromatic amines is 1. The van der Waals surface area contributed by atoms with Crippen LogP contribution in [-0.2, 0) is 16.5 Å². The van der Waals surface area contributed by atoms with Gasteiger partial charge in [-0.25, -0.2) is 4.79 Å². The Bertz CT molecular complexity index is 816. The van der Waals surface area contributed by atoms with Crippen LogP contribution in [0.1, 0.15) is 34.0 Å². The lowest BCUT2D eigenvalue weighted by molar-refractivity contribution is 0.0524. The second-order valence-electron chi connectivity index (χ2n) is 5.21. The van der Waals surface area contributed by atoms with Crippen molar-refractivity contribution in [2.75, 3.05) is 20.8 Å². The molecule has 0 saturated heterocycles. The van der Waals surface area contributed by atoms with E-state index < -0.39 is 5.97 Å². The molecule has 0 spiro atoms. The molecule has 0 saturated carbocycles. The third-order valence-electron chi connectivity index (χ3n) is 3.76. The Labute approximate surface area is 154 Å². The maximum absolute atomic E-state index is 12.4. The van der Waals surface area contributed by atoms with Gasteiger partial charge in [0, 0.05) is 29.6 Å². The van der Waals surface area contributed by atoms with Crippen LogP contribution in [0.3, 0.4) is 0 Å². The van der Waals surface area contributed by atoms with Gasteiger partial charge in [-0.2, -0.15) is 0 Å². The lowest BCUT2D eigenvalue weighted by Crippen LogP contribution is -2.21. The Kier molecular flexibility index (Phi) is 6.64. The minimum absolute atomic E-state index is 0.235. The normalized spacial score (nSPS) is 10.4. The molecule has 1 heterocycles. The van der Waals surface area contributed by atoms with E-state index in [9.17, 15) is 9.59 Å². The van der Waals surface area contributed by atoms with Crippen LogP contribution >= 0.6 is 15.9 Å². The Morgan fingerprint density at radius 1 is 1.20 bits per heavy atom. The Hall–Kier alpha value is -2.28. The highest BCUT2D eigenvalue weighted by molar-refractivity contribution is 9.08. The number of H-pyrrole nitrogens is 1. The summed E-state index contributed by atoms with van der Waals surface area (Å²) >= 11 is 3.28. The Balaban J connectivity index is 2.53. The zero-order valence-corrected chi connectivity index (χ0v) is 15.9. The average Bonchev–Trinajstić information content (AvgIpc) is 2.63. The summed E-state index contributed by atoms with van der Waals surface area (Å²) in [5.41, 5.74) is 1.85. The highest BCUT2D eigenvalue weighted by atomic mass is 79.9. The summed E-state index contributed by atoms with van der Waals surface area (Å²) in [7, 11) is 3.15. The van der Waals surface area contributed by atoms with Gasteiger partial charge < -0.3 is 19.2 Å². The highest BCUT2D eigenvalue weighted by Crippen LogP contribution is 2.28. The molecule has 134 valence electrons. The number of hydrogen-bond donors (Lipinski definition) is 1. The first-order valence-electron chi connectivity index (χ1n) is 7.73. The van der Waals surface area contributed by atoms with E-state index in [1.165, 1.54) is 0 Å². The monoisotopic (exact) mass is 409 g/mol. The molecule has 2 aromatic rings. The number of aromatic nitrogens is 1. The molecule has 2 rings (SSSR count). The quantitative estimate of drug-likeness (QED) is 0.561. The largest absolute Gasteiger partial charge is 0.497 e. The number of benzene rings is 1. The van der Waals surface area contributed by atoms with E-state index in [-0.39, 0.29) is 17.5 Å². The zero-order valence-electron chi connectivity index (χ0n) is 14.3. The number of nitrogens with one attached hydrogen (secondary N) is 1. The van der Waals surface area contributed by atoms with Gasteiger partial charge in [0.25, 0.3) is 5.56 Å². The number of esters is 1. The van der Waals surface area contributed by atoms with E-state index in [2.05, 4.69) is 20.9 Å². The lowest BCUT2D eigenvalue weighted by Gasteiger charge is -2.14. The van der Waals surface area contributed by atoms with Gasteiger partial charge in [-0.3, -0.25) is 4.79 Å². The number of rotatable bonds is 7. The molecular formula is C18H20BrNO5. The number of carbonyl (C=O) groups excluding carboxylic acids is 1. The van der Waals surface area contributed by atoms with Crippen molar-refractivity contribution in [1.29, 1.82) is 0 Å². The fraction of sp³-hybridized carbons (Fsp3) is 0.333. The summed E-state index contributed by atoms with van der Waals surface area (Å²) in [6, 6.07) is 5.46. The second-order valence-corrected chi connectivity index (χ2v) is 5.77. The third-order valence-corrected chi connectivity index (χ3v) is 4.32. The summed E-state index contributed by atoms with van der Waals surface area (Å²) in [6.07, 6.45) is 1.95. The summed E-state index contributed by atoms with van der Waals surface area (Å²) in [6.45, 7) is 1.96. The van der Waals surface area contributed by atoms with Gasteiger partial charge in [-0.1, -0.05) is 22.0 Å². The first-order chi connectivity index (χ1) is 12.0. The molecular weight excluding hydrogens is 390 g/mol. The number of hydrogen-bond acceptors (Lipinski definition) is 5. The van der Waals surface area contributed by atoms with Crippen molar-refractivity contribution in [3.8, 4) is 11.5 Å². The average molecular weight is 410 g/mol. The fourth-order valence-corrected chi connectivity index (χ4v) is 3.08. The van der Waals surface area contributed by atoms with Gasteiger partial charge in [0.2, 0.25) is 0 Å². The summed E-state index contributed by atoms with van der Waals surface area (Å²) in [5.74, 6) is 0.806. The van der Waals surface area contributed by atoms with E-state index >= 15 is 0 Å². The van der Waals surface area contributed by atoms with Crippen molar-refractivity contribution in [2.45, 2.75) is 18.7 Å². The number of ether oxygens (including phenoxy) is 3. The number of halogens is 1. The fourth-order valence-electron chi connectivity index (χ4n) is 2.55. The van der Waals surface area contributed by atoms with Crippen LogP contribution in [0.5, 0.6) is 11.5 Å². The molecule has 0 fully saturated rings. The standard InChI is InChI=1S/C18H20BrNO5/c1-4-25-18(22)16-12(10-20-17(21)14(16)9-19)7-11-5-6-13(23-2)8-15(11)24-3/h5-6,8,10H,4,7,9H2,1-3H3,(H,20,21). The minimum Gasteiger partial charge on any atom is -0.497 e. The smallest absolute Gasteiger partial charge is 0.338 e. The molecule has 0 aliphatic carbocycles. The van der Waals surface area contributed by atoms with Gasteiger partial charge in [0.1, 0.15) is 11.5 Å². The van der Waals surface area contributed by atoms with E-state index in [0.717, 1.165) is 5.56 Å². The topological polar surface area (TPSA) is 77.6 Å². The molecule has 0 amide bonds. The van der Waals surface area contributed by atoms with Crippen molar-refractivity contribution < 1.29 is 19.0 Å². The molecule has 25 heavy (non-hydrogen) atoms. The van der Waals surface area contributed by atoms with Crippen molar-refractivity contribution in [1.82, 2.24) is 4.98 Å². The molecule has 7 heteroatoms. The first kappa shape index (κ1) is 19.1. The molecule has 6 nitrogen and oxygen atoms in total. The van der Waals surface area contributed by atoms with Gasteiger partial charge >= 0.3 is 5.97 Å². The van der Waals surface area contributed by atoms with Crippen molar-refractivity contribution >= 4 is 21.9 Å². The lowest BCUT2D eigenvalue weighted by atomic mass is 9.98. The highest BCUT2D eigenvalue weighted by Gasteiger charge is 2.21. The van der Waals surface area contributed by atoms with Crippen LogP contribution in [-0.4, -0.2) is 31.8 Å². The first-order valence-corrected chi connectivity index (χ1v) is 8.85. The summed E-state index contributed by atoms with van der Waals surface area (Å²) in [4.78, 5) is 27.1. The molecule has 1 aromatic carbocycles. The van der Waals surface area contributed by atoms with E-state index in [0.29, 0.717) is 34.6 Å². The van der Waals surface area contributed by atoms with E-state index in [1.807, 2.05) is 12.1 Å². The van der Waals surface area contributed by atoms with Crippen LogP contribution in [0, 0.1) is 0 Å². The van der Waals surface area contributed by atoms with E-state index in [4.69, 9.17) is 14.2 Å². The number of alkyl halides is 1. The number of methoxy groups -OCH3 is 2. The summed E-state index contributed by atoms with van der Waals surface area (Å²) < 4.78 is 15.7. The summed E-state index contributed by atoms with van der Waals surface area (Å²) in [5, 5.41) is 0.254. The minimum atomic E-state index is -0.509. The van der Waals surface area contributed by atoms with Gasteiger partial charge in [0.15, 0.2) is 0 Å². The Morgan fingerprint density at radius 2 is 1.96 bits per heavy atom. The van der Waals surface area contributed by atoms with Crippen LogP contribution in [0.2, 0.25) is 0 Å². The third kappa shape index (κ3) is 4.22. The van der Waals surface area contributed by atoms with Gasteiger partial charge in [0.05, 0.1) is 26.4 Å². The predicted molar refractivity (Wildman–Crippen MR) is 98.0 cm³/mol. The zero-order chi connectivity index (χ0) is 18.4. The van der Waals surface area contributed by atoms with Crippen LogP contribution in [0.15, 0.2) is 29.2 Å². The van der Waals surface area contributed by atoms with Crippen molar-refractivity contribution in [3.63, 3.8) is 0 Å². The molecule has 0 bridgehead atoms. The molecule has 0 aliphatic rings. The Morgan fingerprint density at radius 3 is 2.56 bits per heavy atom. The number of carbonyl (C=O) groups is 1. The molecule has 0 aliphatic heterocycles. The maximum atomic E-state index is 12.4. The van der Waals surface area contributed by atoms with E-state index in [1.54, 1.807) is 33.4 Å². The second kappa shape index (κ2) is 8.71.